The minimum atomic E-state index is -0.211. The number of fused-ring (bicyclic) bond motifs is 1. The van der Waals surface area contributed by atoms with E-state index in [9.17, 15) is 4.79 Å². The summed E-state index contributed by atoms with van der Waals surface area (Å²) in [4.78, 5) is 21.5. The predicted octanol–water partition coefficient (Wildman–Crippen LogP) is 3.98. The first-order chi connectivity index (χ1) is 12.6. The van der Waals surface area contributed by atoms with Crippen LogP contribution >= 0.6 is 15.9 Å². The highest BCUT2D eigenvalue weighted by molar-refractivity contribution is 9.10. The maximum Gasteiger partial charge on any atom is 0.260 e. The first-order valence-electron chi connectivity index (χ1n) is 8.44. The van der Waals surface area contributed by atoms with Crippen LogP contribution in [0.25, 0.3) is 10.9 Å². The molecular formula is C19H20BrN5O. The van der Waals surface area contributed by atoms with Crippen molar-refractivity contribution in [3.05, 3.63) is 62.9 Å². The van der Waals surface area contributed by atoms with Gasteiger partial charge >= 0.3 is 0 Å². The van der Waals surface area contributed by atoms with E-state index in [-0.39, 0.29) is 5.56 Å². The normalized spacial score (nSPS) is 11.2. The Morgan fingerprint density at radius 2 is 1.92 bits per heavy atom. The fourth-order valence-electron chi connectivity index (χ4n) is 2.69. The molecule has 3 aromatic rings. The quantitative estimate of drug-likeness (QED) is 0.473. The zero-order chi connectivity index (χ0) is 18.5. The van der Waals surface area contributed by atoms with Crippen LogP contribution in [-0.2, 0) is 0 Å². The number of nitrogens with one attached hydrogen (secondary N) is 2. The summed E-state index contributed by atoms with van der Waals surface area (Å²) in [5, 5.41) is 4.69. The smallest absolute Gasteiger partial charge is 0.260 e. The van der Waals surface area contributed by atoms with Gasteiger partial charge in [-0.1, -0.05) is 28.1 Å². The number of hydrogen-bond donors (Lipinski definition) is 2. The van der Waals surface area contributed by atoms with Gasteiger partial charge < -0.3 is 4.90 Å². The van der Waals surface area contributed by atoms with Crippen molar-refractivity contribution in [2.24, 2.45) is 5.10 Å². The van der Waals surface area contributed by atoms with Crippen LogP contribution in [0.15, 0.2) is 56.8 Å². The van der Waals surface area contributed by atoms with Crippen LogP contribution in [0.4, 0.5) is 11.6 Å². The number of aromatic nitrogens is 2. The molecule has 0 unspecified atom stereocenters. The minimum Gasteiger partial charge on any atom is -0.372 e. The third-order valence-electron chi connectivity index (χ3n) is 4.07. The number of anilines is 2. The second-order valence-corrected chi connectivity index (χ2v) is 6.63. The average molecular weight is 414 g/mol. The number of H-pyrrole nitrogens is 1. The molecule has 0 aliphatic rings. The third-order valence-corrected chi connectivity index (χ3v) is 4.57. The number of nitrogens with zero attached hydrogens (tertiary/aromatic N) is 3. The summed E-state index contributed by atoms with van der Waals surface area (Å²) in [7, 11) is 0. The molecule has 26 heavy (non-hydrogen) atoms. The maximum atomic E-state index is 12.1. The fraction of sp³-hybridized carbons (Fsp3) is 0.211. The second kappa shape index (κ2) is 8.14. The first kappa shape index (κ1) is 18.1. The monoisotopic (exact) mass is 413 g/mol. The zero-order valence-corrected chi connectivity index (χ0v) is 16.2. The summed E-state index contributed by atoms with van der Waals surface area (Å²) in [6, 6.07) is 13.5. The summed E-state index contributed by atoms with van der Waals surface area (Å²) in [5.41, 5.74) is 5.33. The Hall–Kier alpha value is -2.67. The molecule has 0 fully saturated rings. The Balaban J connectivity index is 1.73. The first-order valence-corrected chi connectivity index (χ1v) is 9.23. The summed E-state index contributed by atoms with van der Waals surface area (Å²) >= 11 is 3.35. The molecular weight excluding hydrogens is 394 g/mol. The summed E-state index contributed by atoms with van der Waals surface area (Å²) in [6.45, 7) is 6.23. The van der Waals surface area contributed by atoms with E-state index < -0.39 is 0 Å². The maximum absolute atomic E-state index is 12.1. The Labute approximate surface area is 160 Å². The van der Waals surface area contributed by atoms with Crippen molar-refractivity contribution < 1.29 is 0 Å². The number of rotatable bonds is 6. The van der Waals surface area contributed by atoms with Gasteiger partial charge in [0.15, 0.2) is 0 Å². The van der Waals surface area contributed by atoms with Crippen LogP contribution in [0.3, 0.4) is 0 Å². The lowest BCUT2D eigenvalue weighted by Crippen LogP contribution is -2.21. The van der Waals surface area contributed by atoms with Gasteiger partial charge in [0.2, 0.25) is 5.95 Å². The molecule has 0 aliphatic carbocycles. The Morgan fingerprint density at radius 3 is 2.62 bits per heavy atom. The van der Waals surface area contributed by atoms with Crippen LogP contribution in [0.2, 0.25) is 0 Å². The van der Waals surface area contributed by atoms with Crippen LogP contribution in [-0.4, -0.2) is 29.3 Å². The predicted molar refractivity (Wildman–Crippen MR) is 111 cm³/mol. The van der Waals surface area contributed by atoms with Gasteiger partial charge in [0, 0.05) is 23.2 Å². The second-order valence-electron chi connectivity index (χ2n) is 5.71. The fourth-order valence-corrected chi connectivity index (χ4v) is 3.05. The molecule has 1 aromatic heterocycles. The molecule has 7 heteroatoms. The Morgan fingerprint density at radius 1 is 1.19 bits per heavy atom. The summed E-state index contributed by atoms with van der Waals surface area (Å²) in [6.07, 6.45) is 1.69. The van der Waals surface area contributed by atoms with Crippen LogP contribution in [0, 0.1) is 0 Å². The van der Waals surface area contributed by atoms with Gasteiger partial charge in [-0.15, -0.1) is 0 Å². The molecule has 0 spiro atoms. The molecule has 3 rings (SSSR count). The van der Waals surface area contributed by atoms with E-state index in [1.54, 1.807) is 18.3 Å². The highest BCUT2D eigenvalue weighted by Gasteiger charge is 2.04. The van der Waals surface area contributed by atoms with Gasteiger partial charge in [0.25, 0.3) is 5.56 Å². The van der Waals surface area contributed by atoms with Crippen LogP contribution < -0.4 is 15.9 Å². The Bertz CT molecular complexity index is 977. The van der Waals surface area contributed by atoms with Crippen molar-refractivity contribution in [2.45, 2.75) is 13.8 Å². The van der Waals surface area contributed by atoms with E-state index in [4.69, 9.17) is 0 Å². The van der Waals surface area contributed by atoms with Crippen molar-refractivity contribution in [1.29, 1.82) is 0 Å². The van der Waals surface area contributed by atoms with Crippen molar-refractivity contribution in [3.63, 3.8) is 0 Å². The number of hydrogen-bond acceptors (Lipinski definition) is 5. The van der Waals surface area contributed by atoms with E-state index in [1.807, 2.05) is 18.2 Å². The van der Waals surface area contributed by atoms with Crippen LogP contribution in [0.5, 0.6) is 0 Å². The van der Waals surface area contributed by atoms with Crippen molar-refractivity contribution in [1.82, 2.24) is 9.97 Å². The number of hydrazone groups is 1. The topological polar surface area (TPSA) is 73.4 Å². The van der Waals surface area contributed by atoms with Gasteiger partial charge in [-0.05, 0) is 49.7 Å². The van der Waals surface area contributed by atoms with Crippen molar-refractivity contribution in [2.75, 3.05) is 23.4 Å². The van der Waals surface area contributed by atoms with Gasteiger partial charge in [0.1, 0.15) is 0 Å². The highest BCUT2D eigenvalue weighted by atomic mass is 79.9. The lowest BCUT2D eigenvalue weighted by Gasteiger charge is -2.20. The molecule has 0 atom stereocenters. The zero-order valence-electron chi connectivity index (χ0n) is 14.7. The van der Waals surface area contributed by atoms with Gasteiger partial charge in [0.05, 0.1) is 17.1 Å². The lowest BCUT2D eigenvalue weighted by atomic mass is 10.2. The summed E-state index contributed by atoms with van der Waals surface area (Å²) in [5.74, 6) is 0.306. The molecule has 0 saturated heterocycles. The van der Waals surface area contributed by atoms with Gasteiger partial charge in [-0.2, -0.15) is 5.10 Å². The molecule has 0 radical (unpaired) electrons. The minimum absolute atomic E-state index is 0.211. The average Bonchev–Trinajstić information content (AvgIpc) is 2.65. The standard InChI is InChI=1S/C19H20BrN5O/c1-3-25(4-2)15-8-5-13(6-9-15)12-21-24-19-22-17-10-7-14(20)11-16(17)18(26)23-19/h5-12H,3-4H2,1-2H3,(H2,22,23,24,26)/b21-12+. The highest BCUT2D eigenvalue weighted by Crippen LogP contribution is 2.16. The molecule has 134 valence electrons. The largest absolute Gasteiger partial charge is 0.372 e. The number of halogens is 1. The molecule has 0 saturated carbocycles. The number of benzene rings is 2. The molecule has 1 heterocycles. The Kier molecular flexibility index (Phi) is 5.68. The van der Waals surface area contributed by atoms with Crippen molar-refractivity contribution >= 4 is 44.7 Å². The molecule has 0 bridgehead atoms. The summed E-state index contributed by atoms with van der Waals surface area (Å²) < 4.78 is 0.837. The molecule has 6 nitrogen and oxygen atoms in total. The molecule has 2 aromatic carbocycles. The molecule has 2 N–H and O–H groups in total. The van der Waals surface area contributed by atoms with Crippen molar-refractivity contribution in [3.8, 4) is 0 Å². The van der Waals surface area contributed by atoms with E-state index in [0.29, 0.717) is 16.9 Å². The number of aromatic amines is 1. The molecule has 0 aliphatic heterocycles. The van der Waals surface area contributed by atoms with E-state index in [0.717, 1.165) is 23.1 Å². The van der Waals surface area contributed by atoms with Gasteiger partial charge in [-0.25, -0.2) is 10.4 Å². The lowest BCUT2D eigenvalue weighted by molar-refractivity contribution is 0.866. The van der Waals surface area contributed by atoms with Gasteiger partial charge in [-0.3, -0.25) is 9.78 Å². The third kappa shape index (κ3) is 4.11. The van der Waals surface area contributed by atoms with E-state index in [1.165, 1.54) is 5.69 Å². The SMILES string of the molecule is CCN(CC)c1ccc(/C=N/Nc2nc3ccc(Br)cc3c(=O)[nH]2)cc1. The van der Waals surface area contributed by atoms with Crippen LogP contribution in [0.1, 0.15) is 19.4 Å². The van der Waals surface area contributed by atoms with E-state index >= 15 is 0 Å². The van der Waals surface area contributed by atoms with E-state index in [2.05, 4.69) is 67.3 Å². The molecule has 0 amide bonds.